The second-order valence-electron chi connectivity index (χ2n) is 5.75. The average molecular weight is 376 g/mol. The predicted octanol–water partition coefficient (Wildman–Crippen LogP) is 4.04. The largest absolute Gasteiger partial charge is 0.394 e. The zero-order chi connectivity index (χ0) is 16.8. The standard InChI is InChI=1S/C19H22BrNO2/c1-13(16-10-6-7-11-17(16)20)14(2)19(23)21-18(12-22)15-8-4-3-5-9-15/h3-11,13-14,18,22H,12H2,1-2H3,(H,21,23)/t13-,14-,18-/m0/s1. The average Bonchev–Trinajstić information content (AvgIpc) is 2.59. The normalized spacial score (nSPS) is 14.8. The van der Waals surface area contributed by atoms with E-state index in [4.69, 9.17) is 0 Å². The number of halogens is 1. The van der Waals surface area contributed by atoms with Crippen molar-refractivity contribution < 1.29 is 9.90 Å². The first-order chi connectivity index (χ1) is 11.0. The molecule has 3 nitrogen and oxygen atoms in total. The van der Waals surface area contributed by atoms with E-state index in [9.17, 15) is 9.90 Å². The predicted molar refractivity (Wildman–Crippen MR) is 96.1 cm³/mol. The Morgan fingerprint density at radius 2 is 1.70 bits per heavy atom. The number of aliphatic hydroxyl groups excluding tert-OH is 1. The lowest BCUT2D eigenvalue weighted by Crippen LogP contribution is -2.36. The molecule has 2 N–H and O–H groups in total. The van der Waals surface area contributed by atoms with Gasteiger partial charge in [0.25, 0.3) is 0 Å². The van der Waals surface area contributed by atoms with Gasteiger partial charge in [0.15, 0.2) is 0 Å². The molecular weight excluding hydrogens is 354 g/mol. The molecule has 2 rings (SSSR count). The summed E-state index contributed by atoms with van der Waals surface area (Å²) in [5.74, 6) is -0.191. The van der Waals surface area contributed by atoms with Crippen LogP contribution in [-0.2, 0) is 4.79 Å². The Labute approximate surface area is 145 Å². The van der Waals surface area contributed by atoms with E-state index in [0.717, 1.165) is 15.6 Å². The van der Waals surface area contributed by atoms with Crippen molar-refractivity contribution in [2.45, 2.75) is 25.8 Å². The number of carbonyl (C=O) groups excluding carboxylic acids is 1. The maximum Gasteiger partial charge on any atom is 0.223 e. The molecule has 0 aliphatic rings. The number of rotatable bonds is 6. The topological polar surface area (TPSA) is 49.3 Å². The minimum atomic E-state index is -0.377. The van der Waals surface area contributed by atoms with Gasteiger partial charge in [-0.1, -0.05) is 78.3 Å². The van der Waals surface area contributed by atoms with Gasteiger partial charge < -0.3 is 10.4 Å². The van der Waals surface area contributed by atoms with Crippen LogP contribution in [0.2, 0.25) is 0 Å². The monoisotopic (exact) mass is 375 g/mol. The van der Waals surface area contributed by atoms with Gasteiger partial charge in [0.1, 0.15) is 0 Å². The summed E-state index contributed by atoms with van der Waals surface area (Å²) < 4.78 is 1.01. The van der Waals surface area contributed by atoms with E-state index in [1.165, 1.54) is 0 Å². The summed E-state index contributed by atoms with van der Waals surface area (Å²) >= 11 is 3.54. The molecule has 0 heterocycles. The fraction of sp³-hybridized carbons (Fsp3) is 0.316. The Bertz CT molecular complexity index is 645. The molecule has 3 atom stereocenters. The molecule has 4 heteroatoms. The lowest BCUT2D eigenvalue weighted by molar-refractivity contribution is -0.126. The highest BCUT2D eigenvalue weighted by molar-refractivity contribution is 9.10. The first-order valence-electron chi connectivity index (χ1n) is 7.75. The molecule has 0 radical (unpaired) electrons. The fourth-order valence-corrected chi connectivity index (χ4v) is 3.21. The van der Waals surface area contributed by atoms with Crippen LogP contribution < -0.4 is 5.32 Å². The molecule has 0 unspecified atom stereocenters. The summed E-state index contributed by atoms with van der Waals surface area (Å²) in [6.45, 7) is 3.84. The Hall–Kier alpha value is -1.65. The number of benzene rings is 2. The van der Waals surface area contributed by atoms with E-state index in [0.29, 0.717) is 0 Å². The number of carbonyl (C=O) groups is 1. The van der Waals surface area contributed by atoms with Crippen LogP contribution in [-0.4, -0.2) is 17.6 Å². The Morgan fingerprint density at radius 3 is 2.30 bits per heavy atom. The second kappa shape index (κ2) is 8.27. The number of hydrogen-bond acceptors (Lipinski definition) is 2. The zero-order valence-electron chi connectivity index (χ0n) is 13.4. The van der Waals surface area contributed by atoms with Crippen LogP contribution in [0.25, 0.3) is 0 Å². The number of amides is 1. The molecule has 0 spiro atoms. The van der Waals surface area contributed by atoms with Crippen molar-refractivity contribution in [1.82, 2.24) is 5.32 Å². The molecule has 1 amide bonds. The van der Waals surface area contributed by atoms with Gasteiger partial charge in [-0.2, -0.15) is 0 Å². The molecule has 0 bridgehead atoms. The van der Waals surface area contributed by atoms with E-state index < -0.39 is 0 Å². The molecule has 23 heavy (non-hydrogen) atoms. The van der Waals surface area contributed by atoms with Crippen LogP contribution in [0.1, 0.15) is 36.9 Å². The summed E-state index contributed by atoms with van der Waals surface area (Å²) in [4.78, 5) is 12.6. The second-order valence-corrected chi connectivity index (χ2v) is 6.61. The fourth-order valence-electron chi connectivity index (χ4n) is 2.56. The van der Waals surface area contributed by atoms with E-state index in [2.05, 4.69) is 21.2 Å². The molecule has 2 aromatic carbocycles. The molecule has 0 fully saturated rings. The number of aliphatic hydroxyl groups is 1. The summed E-state index contributed by atoms with van der Waals surface area (Å²) in [5.41, 5.74) is 2.01. The molecule has 0 saturated heterocycles. The van der Waals surface area contributed by atoms with Crippen molar-refractivity contribution in [1.29, 1.82) is 0 Å². The van der Waals surface area contributed by atoms with Gasteiger partial charge in [0, 0.05) is 10.4 Å². The highest BCUT2D eigenvalue weighted by Crippen LogP contribution is 2.30. The molecule has 2 aromatic rings. The third kappa shape index (κ3) is 4.43. The molecule has 0 saturated carbocycles. The van der Waals surface area contributed by atoms with Crippen molar-refractivity contribution >= 4 is 21.8 Å². The van der Waals surface area contributed by atoms with E-state index >= 15 is 0 Å². The zero-order valence-corrected chi connectivity index (χ0v) is 15.0. The van der Waals surface area contributed by atoms with Gasteiger partial charge in [-0.3, -0.25) is 4.79 Å². The van der Waals surface area contributed by atoms with Crippen molar-refractivity contribution in [3.05, 3.63) is 70.2 Å². The summed E-state index contributed by atoms with van der Waals surface area (Å²) in [5, 5.41) is 12.5. The third-order valence-electron chi connectivity index (χ3n) is 4.26. The smallest absolute Gasteiger partial charge is 0.223 e. The molecular formula is C19H22BrNO2. The highest BCUT2D eigenvalue weighted by atomic mass is 79.9. The summed E-state index contributed by atoms with van der Waals surface area (Å²) in [7, 11) is 0. The third-order valence-corrected chi connectivity index (χ3v) is 4.98. The van der Waals surface area contributed by atoms with Gasteiger partial charge in [-0.15, -0.1) is 0 Å². The van der Waals surface area contributed by atoms with Crippen molar-refractivity contribution in [2.75, 3.05) is 6.61 Å². The lowest BCUT2D eigenvalue weighted by atomic mass is 9.88. The number of nitrogens with one attached hydrogen (secondary N) is 1. The lowest BCUT2D eigenvalue weighted by Gasteiger charge is -2.24. The quantitative estimate of drug-likeness (QED) is 0.800. The SMILES string of the molecule is C[C@H](C(=O)N[C@@H](CO)c1ccccc1)[C@H](C)c1ccccc1Br. The van der Waals surface area contributed by atoms with Crippen LogP contribution in [0.4, 0.5) is 0 Å². The van der Waals surface area contributed by atoms with Crippen molar-refractivity contribution in [3.8, 4) is 0 Å². The van der Waals surface area contributed by atoms with Gasteiger partial charge in [-0.05, 0) is 23.1 Å². The maximum absolute atomic E-state index is 12.6. The molecule has 122 valence electrons. The van der Waals surface area contributed by atoms with E-state index in [1.807, 2.05) is 68.4 Å². The van der Waals surface area contributed by atoms with Crippen LogP contribution in [0, 0.1) is 5.92 Å². The van der Waals surface area contributed by atoms with Gasteiger partial charge in [0.05, 0.1) is 12.6 Å². The van der Waals surface area contributed by atoms with Crippen LogP contribution in [0.5, 0.6) is 0 Å². The highest BCUT2D eigenvalue weighted by Gasteiger charge is 2.25. The first-order valence-corrected chi connectivity index (χ1v) is 8.54. The van der Waals surface area contributed by atoms with Crippen LogP contribution >= 0.6 is 15.9 Å². The van der Waals surface area contributed by atoms with Crippen molar-refractivity contribution in [3.63, 3.8) is 0 Å². The Morgan fingerprint density at radius 1 is 1.09 bits per heavy atom. The van der Waals surface area contributed by atoms with Crippen LogP contribution in [0.3, 0.4) is 0 Å². The van der Waals surface area contributed by atoms with Crippen molar-refractivity contribution in [2.24, 2.45) is 5.92 Å². The molecule has 0 aliphatic heterocycles. The molecule has 0 aliphatic carbocycles. The Balaban J connectivity index is 2.09. The van der Waals surface area contributed by atoms with Gasteiger partial charge in [0.2, 0.25) is 5.91 Å². The van der Waals surface area contributed by atoms with E-state index in [-0.39, 0.29) is 30.4 Å². The minimum Gasteiger partial charge on any atom is -0.394 e. The summed E-state index contributed by atoms with van der Waals surface area (Å²) in [6, 6.07) is 17.1. The van der Waals surface area contributed by atoms with Gasteiger partial charge >= 0.3 is 0 Å². The first kappa shape index (κ1) is 17.7. The molecule has 0 aromatic heterocycles. The van der Waals surface area contributed by atoms with E-state index in [1.54, 1.807) is 0 Å². The summed E-state index contributed by atoms with van der Waals surface area (Å²) in [6.07, 6.45) is 0. The van der Waals surface area contributed by atoms with Gasteiger partial charge in [-0.25, -0.2) is 0 Å². The van der Waals surface area contributed by atoms with Crippen LogP contribution in [0.15, 0.2) is 59.1 Å². The maximum atomic E-state index is 12.6. The minimum absolute atomic E-state index is 0.0591. The Kier molecular flexibility index (Phi) is 6.37. The number of hydrogen-bond donors (Lipinski definition) is 2.